The molecule has 0 aliphatic carbocycles. The zero-order chi connectivity index (χ0) is 15.5. The maximum atomic E-state index is 12.4. The van der Waals surface area contributed by atoms with E-state index in [0.29, 0.717) is 31.3 Å². The molecule has 0 aromatic carbocycles. The van der Waals surface area contributed by atoms with Gasteiger partial charge in [0.25, 0.3) is 0 Å². The van der Waals surface area contributed by atoms with Crippen LogP contribution in [0.1, 0.15) is 13.3 Å². The molecule has 1 aliphatic heterocycles. The van der Waals surface area contributed by atoms with Crippen LogP contribution >= 0.6 is 0 Å². The molecule has 0 N–H and O–H groups in total. The predicted molar refractivity (Wildman–Crippen MR) is 80.6 cm³/mol. The van der Waals surface area contributed by atoms with E-state index in [2.05, 4.69) is 5.10 Å². The number of hydrogen-bond acceptors (Lipinski definition) is 4. The van der Waals surface area contributed by atoms with Crippen LogP contribution in [0.4, 0.5) is 0 Å². The summed E-state index contributed by atoms with van der Waals surface area (Å²) < 4.78 is 8.02. The van der Waals surface area contributed by atoms with Crippen LogP contribution < -0.4 is 5.69 Å². The van der Waals surface area contributed by atoms with E-state index >= 15 is 0 Å². The van der Waals surface area contributed by atoms with E-state index < -0.39 is 0 Å². The van der Waals surface area contributed by atoms with Crippen molar-refractivity contribution in [2.24, 2.45) is 5.92 Å². The number of pyridine rings is 1. The zero-order valence-electron chi connectivity index (χ0n) is 12.6. The summed E-state index contributed by atoms with van der Waals surface area (Å²) in [6.07, 6.45) is 2.64. The van der Waals surface area contributed by atoms with Crippen LogP contribution in [-0.4, -0.2) is 51.3 Å². The molecule has 0 bridgehead atoms. The van der Waals surface area contributed by atoms with Gasteiger partial charge in [-0.05, 0) is 25.5 Å². The molecule has 1 fully saturated rings. The number of ether oxygens (including phenoxy) is 1. The molecule has 1 amide bonds. The highest BCUT2D eigenvalue weighted by atomic mass is 16.5. The normalized spacial score (nSPS) is 18.0. The Labute approximate surface area is 128 Å². The SMILES string of the molecule is CCN(CC1CCOC1)C(=O)Cn1nc2ccccn2c1=O. The molecular weight excluding hydrogens is 284 g/mol. The lowest BCUT2D eigenvalue weighted by atomic mass is 10.1. The predicted octanol–water partition coefficient (Wildman–Crippen LogP) is 0.381. The summed E-state index contributed by atoms with van der Waals surface area (Å²) in [6.45, 7) is 4.69. The third-order valence-electron chi connectivity index (χ3n) is 4.01. The molecule has 2 aromatic rings. The van der Waals surface area contributed by atoms with Crippen LogP contribution in [-0.2, 0) is 16.1 Å². The third-order valence-corrected chi connectivity index (χ3v) is 4.01. The largest absolute Gasteiger partial charge is 0.381 e. The van der Waals surface area contributed by atoms with E-state index in [9.17, 15) is 9.59 Å². The van der Waals surface area contributed by atoms with Gasteiger partial charge in [0.15, 0.2) is 5.65 Å². The quantitative estimate of drug-likeness (QED) is 0.801. The van der Waals surface area contributed by atoms with E-state index in [1.165, 1.54) is 9.08 Å². The first-order valence-electron chi connectivity index (χ1n) is 7.58. The van der Waals surface area contributed by atoms with Crippen molar-refractivity contribution >= 4 is 11.6 Å². The Morgan fingerprint density at radius 2 is 2.36 bits per heavy atom. The molecule has 1 aliphatic rings. The van der Waals surface area contributed by atoms with Gasteiger partial charge < -0.3 is 9.64 Å². The molecule has 7 heteroatoms. The van der Waals surface area contributed by atoms with Crippen LogP contribution in [0.15, 0.2) is 29.2 Å². The van der Waals surface area contributed by atoms with Crippen LogP contribution in [0, 0.1) is 5.92 Å². The fourth-order valence-electron chi connectivity index (χ4n) is 2.75. The minimum atomic E-state index is -0.288. The molecule has 3 rings (SSSR count). The van der Waals surface area contributed by atoms with E-state index in [-0.39, 0.29) is 18.1 Å². The lowest BCUT2D eigenvalue weighted by Crippen LogP contribution is -2.39. The van der Waals surface area contributed by atoms with Crippen LogP contribution in [0.5, 0.6) is 0 Å². The molecule has 0 spiro atoms. The van der Waals surface area contributed by atoms with Crippen LogP contribution in [0.3, 0.4) is 0 Å². The molecule has 0 radical (unpaired) electrons. The van der Waals surface area contributed by atoms with Crippen LogP contribution in [0.25, 0.3) is 5.65 Å². The Balaban J connectivity index is 1.73. The molecule has 118 valence electrons. The van der Waals surface area contributed by atoms with Crippen molar-refractivity contribution in [1.29, 1.82) is 0 Å². The number of nitrogens with zero attached hydrogens (tertiary/aromatic N) is 4. The molecule has 2 aromatic heterocycles. The molecular formula is C15H20N4O3. The molecule has 1 atom stereocenters. The minimum Gasteiger partial charge on any atom is -0.381 e. The molecule has 22 heavy (non-hydrogen) atoms. The zero-order valence-corrected chi connectivity index (χ0v) is 12.6. The molecule has 1 unspecified atom stereocenters. The summed E-state index contributed by atoms with van der Waals surface area (Å²) in [5, 5.41) is 4.20. The Bertz CT molecular complexity index is 715. The minimum absolute atomic E-state index is 0.0259. The number of fused-ring (bicyclic) bond motifs is 1. The number of hydrogen-bond donors (Lipinski definition) is 0. The average molecular weight is 304 g/mol. The third kappa shape index (κ3) is 2.89. The number of carbonyl (C=O) groups is 1. The van der Waals surface area contributed by atoms with Gasteiger partial charge in [0.05, 0.1) is 6.61 Å². The highest BCUT2D eigenvalue weighted by Gasteiger charge is 2.22. The first-order valence-corrected chi connectivity index (χ1v) is 7.58. The van der Waals surface area contributed by atoms with Gasteiger partial charge in [0, 0.05) is 31.8 Å². The number of likely N-dealkylation sites (N-methyl/N-ethyl adjacent to an activating group) is 1. The van der Waals surface area contributed by atoms with Crippen molar-refractivity contribution < 1.29 is 9.53 Å². The second-order valence-corrected chi connectivity index (χ2v) is 5.53. The summed E-state index contributed by atoms with van der Waals surface area (Å²) in [5.74, 6) is 0.307. The Morgan fingerprint density at radius 1 is 1.50 bits per heavy atom. The van der Waals surface area contributed by atoms with E-state index in [1.54, 1.807) is 23.2 Å². The van der Waals surface area contributed by atoms with Gasteiger partial charge in [0.1, 0.15) is 6.54 Å². The van der Waals surface area contributed by atoms with Crippen molar-refractivity contribution in [2.45, 2.75) is 19.9 Å². The van der Waals surface area contributed by atoms with E-state index in [0.717, 1.165) is 13.0 Å². The summed E-state index contributed by atoms with van der Waals surface area (Å²) in [7, 11) is 0. The summed E-state index contributed by atoms with van der Waals surface area (Å²) in [6, 6.07) is 5.32. The fourth-order valence-corrected chi connectivity index (χ4v) is 2.75. The monoisotopic (exact) mass is 304 g/mol. The fraction of sp³-hybridized carbons (Fsp3) is 0.533. The van der Waals surface area contributed by atoms with Crippen molar-refractivity contribution in [2.75, 3.05) is 26.3 Å². The summed E-state index contributed by atoms with van der Waals surface area (Å²) >= 11 is 0. The van der Waals surface area contributed by atoms with Crippen molar-refractivity contribution in [3.05, 3.63) is 34.9 Å². The van der Waals surface area contributed by atoms with Gasteiger partial charge in [-0.1, -0.05) is 6.07 Å². The first kappa shape index (κ1) is 14.8. The van der Waals surface area contributed by atoms with Gasteiger partial charge in [0.2, 0.25) is 5.91 Å². The van der Waals surface area contributed by atoms with Crippen LogP contribution in [0.2, 0.25) is 0 Å². The summed E-state index contributed by atoms with van der Waals surface area (Å²) in [5.41, 5.74) is 0.261. The maximum absolute atomic E-state index is 12.4. The smallest absolute Gasteiger partial charge is 0.350 e. The highest BCUT2D eigenvalue weighted by molar-refractivity contribution is 5.75. The summed E-state index contributed by atoms with van der Waals surface area (Å²) in [4.78, 5) is 26.4. The standard InChI is InChI=1S/C15H20N4O3/c1-2-17(9-12-6-8-22-11-12)14(20)10-19-15(21)18-7-4-3-5-13(18)16-19/h3-5,7,12H,2,6,8-11H2,1H3. The topological polar surface area (TPSA) is 68.8 Å². The van der Waals surface area contributed by atoms with E-state index in [4.69, 9.17) is 4.74 Å². The second-order valence-electron chi connectivity index (χ2n) is 5.53. The average Bonchev–Trinajstić information content (AvgIpc) is 3.14. The molecule has 0 saturated carbocycles. The van der Waals surface area contributed by atoms with Crippen molar-refractivity contribution in [3.8, 4) is 0 Å². The van der Waals surface area contributed by atoms with Gasteiger partial charge in [-0.2, -0.15) is 0 Å². The van der Waals surface area contributed by atoms with Gasteiger partial charge in [-0.15, -0.1) is 5.10 Å². The number of amides is 1. The Hall–Kier alpha value is -2.15. The number of rotatable bonds is 5. The number of carbonyl (C=O) groups excluding carboxylic acids is 1. The first-order chi connectivity index (χ1) is 10.7. The molecule has 3 heterocycles. The lowest BCUT2D eigenvalue weighted by Gasteiger charge is -2.23. The van der Waals surface area contributed by atoms with E-state index in [1.807, 2.05) is 13.0 Å². The lowest BCUT2D eigenvalue weighted by molar-refractivity contribution is -0.132. The van der Waals surface area contributed by atoms with Gasteiger partial charge in [-0.25, -0.2) is 9.48 Å². The van der Waals surface area contributed by atoms with Gasteiger partial charge >= 0.3 is 5.69 Å². The Morgan fingerprint density at radius 3 is 3.05 bits per heavy atom. The number of aromatic nitrogens is 3. The maximum Gasteiger partial charge on any atom is 0.350 e. The van der Waals surface area contributed by atoms with Crippen molar-refractivity contribution in [3.63, 3.8) is 0 Å². The Kier molecular flexibility index (Phi) is 4.24. The second kappa shape index (κ2) is 6.31. The highest BCUT2D eigenvalue weighted by Crippen LogP contribution is 2.14. The van der Waals surface area contributed by atoms with Crippen molar-refractivity contribution in [1.82, 2.24) is 19.1 Å². The molecule has 1 saturated heterocycles. The molecule has 7 nitrogen and oxygen atoms in total. The van der Waals surface area contributed by atoms with Gasteiger partial charge in [-0.3, -0.25) is 9.20 Å².